The Morgan fingerprint density at radius 2 is 1.83 bits per heavy atom. The van der Waals surface area contributed by atoms with Crippen molar-refractivity contribution in [2.24, 2.45) is 0 Å². The maximum Gasteiger partial charge on any atom is 0.256 e. The molecule has 0 unspecified atom stereocenters. The quantitative estimate of drug-likeness (QED) is 0.669. The summed E-state index contributed by atoms with van der Waals surface area (Å²) in [4.78, 5) is 12.6. The van der Waals surface area contributed by atoms with E-state index < -0.39 is 0 Å². The topological polar surface area (TPSA) is 64.3 Å². The molecule has 0 aliphatic carbocycles. The van der Waals surface area contributed by atoms with Crippen molar-refractivity contribution >= 4 is 44.0 Å². The summed E-state index contributed by atoms with van der Waals surface area (Å²) in [7, 11) is 1.55. The molecule has 0 aromatic heterocycles. The second-order valence-corrected chi connectivity index (χ2v) is 5.91. The lowest BCUT2D eigenvalue weighted by Crippen LogP contribution is -2.12. The van der Waals surface area contributed by atoms with Crippen molar-refractivity contribution < 1.29 is 9.53 Å². The van der Waals surface area contributed by atoms with Crippen molar-refractivity contribution in [3.63, 3.8) is 0 Å². The standard InChI is InChI=1S/C18H15BrN2O2/c1-23-17-9-8-11(10-16(17)20)21-18(22)14-6-2-5-13-12(14)4-3-7-15(13)19/h2-10H,20H2,1H3,(H,21,22). The number of amides is 1. The predicted molar refractivity (Wildman–Crippen MR) is 97.0 cm³/mol. The predicted octanol–water partition coefficient (Wildman–Crippen LogP) is 4.45. The van der Waals surface area contributed by atoms with Crippen LogP contribution in [0.1, 0.15) is 10.4 Å². The Labute approximate surface area is 142 Å². The first-order chi connectivity index (χ1) is 11.1. The highest BCUT2D eigenvalue weighted by Crippen LogP contribution is 2.28. The summed E-state index contributed by atoms with van der Waals surface area (Å²) in [5.41, 5.74) is 7.59. The van der Waals surface area contributed by atoms with Crippen molar-refractivity contribution in [1.29, 1.82) is 0 Å². The Morgan fingerprint density at radius 1 is 1.09 bits per heavy atom. The van der Waals surface area contributed by atoms with Crippen LogP contribution in [0.25, 0.3) is 10.8 Å². The molecule has 0 aliphatic heterocycles. The number of anilines is 2. The van der Waals surface area contributed by atoms with Gasteiger partial charge in [0.2, 0.25) is 0 Å². The van der Waals surface area contributed by atoms with E-state index in [1.165, 1.54) is 0 Å². The van der Waals surface area contributed by atoms with Gasteiger partial charge in [-0.15, -0.1) is 0 Å². The van der Waals surface area contributed by atoms with Crippen LogP contribution in [0.5, 0.6) is 5.75 Å². The number of nitrogens with one attached hydrogen (secondary N) is 1. The van der Waals surface area contributed by atoms with Crippen LogP contribution in [-0.4, -0.2) is 13.0 Å². The van der Waals surface area contributed by atoms with Gasteiger partial charge in [0.1, 0.15) is 5.75 Å². The van der Waals surface area contributed by atoms with Crippen LogP contribution in [-0.2, 0) is 0 Å². The highest BCUT2D eigenvalue weighted by Gasteiger charge is 2.12. The van der Waals surface area contributed by atoms with Crippen LogP contribution in [0.15, 0.2) is 59.1 Å². The third-order valence-electron chi connectivity index (χ3n) is 3.60. The smallest absolute Gasteiger partial charge is 0.256 e. The van der Waals surface area contributed by atoms with Gasteiger partial charge in [-0.1, -0.05) is 40.2 Å². The van der Waals surface area contributed by atoms with Gasteiger partial charge in [-0.05, 0) is 41.1 Å². The fraction of sp³-hybridized carbons (Fsp3) is 0.0556. The van der Waals surface area contributed by atoms with E-state index in [0.29, 0.717) is 22.7 Å². The number of nitrogen functional groups attached to an aromatic ring is 1. The molecule has 0 spiro atoms. The Hall–Kier alpha value is -2.53. The van der Waals surface area contributed by atoms with Crippen LogP contribution in [0.4, 0.5) is 11.4 Å². The summed E-state index contributed by atoms with van der Waals surface area (Å²) in [5.74, 6) is 0.398. The molecule has 1 amide bonds. The summed E-state index contributed by atoms with van der Waals surface area (Å²) >= 11 is 3.51. The molecular formula is C18H15BrN2O2. The van der Waals surface area contributed by atoms with Crippen LogP contribution in [0, 0.1) is 0 Å². The molecule has 3 rings (SSSR count). The first kappa shape index (κ1) is 15.4. The van der Waals surface area contributed by atoms with E-state index in [-0.39, 0.29) is 5.91 Å². The van der Waals surface area contributed by atoms with Gasteiger partial charge in [0.15, 0.2) is 0 Å². The number of carbonyl (C=O) groups excluding carboxylic acids is 1. The average molecular weight is 371 g/mol. The van der Waals surface area contributed by atoms with E-state index in [9.17, 15) is 4.79 Å². The van der Waals surface area contributed by atoms with Gasteiger partial charge in [-0.2, -0.15) is 0 Å². The zero-order valence-electron chi connectivity index (χ0n) is 12.5. The number of hydrogen-bond acceptors (Lipinski definition) is 3. The maximum absolute atomic E-state index is 12.6. The zero-order valence-corrected chi connectivity index (χ0v) is 14.1. The molecule has 0 fully saturated rings. The third-order valence-corrected chi connectivity index (χ3v) is 4.29. The molecule has 4 nitrogen and oxygen atoms in total. The molecule has 0 aliphatic rings. The SMILES string of the molecule is COc1ccc(NC(=O)c2cccc3c(Br)cccc23)cc1N. The minimum absolute atomic E-state index is 0.182. The number of rotatable bonds is 3. The number of hydrogen-bond donors (Lipinski definition) is 2. The van der Waals surface area contributed by atoms with Gasteiger partial charge in [-0.25, -0.2) is 0 Å². The lowest BCUT2D eigenvalue weighted by Gasteiger charge is -2.11. The van der Waals surface area contributed by atoms with Gasteiger partial charge < -0.3 is 15.8 Å². The van der Waals surface area contributed by atoms with Gasteiger partial charge >= 0.3 is 0 Å². The zero-order chi connectivity index (χ0) is 16.4. The van der Waals surface area contributed by atoms with E-state index in [1.807, 2.05) is 30.3 Å². The summed E-state index contributed by atoms with van der Waals surface area (Å²) in [6.07, 6.45) is 0. The first-order valence-electron chi connectivity index (χ1n) is 7.02. The largest absolute Gasteiger partial charge is 0.495 e. The monoisotopic (exact) mass is 370 g/mol. The number of nitrogens with two attached hydrogens (primary N) is 1. The normalized spacial score (nSPS) is 10.5. The summed E-state index contributed by atoms with van der Waals surface area (Å²) in [5, 5.41) is 4.76. The third kappa shape index (κ3) is 3.00. The molecule has 0 atom stereocenters. The number of carbonyl (C=O) groups is 1. The minimum atomic E-state index is -0.182. The number of benzene rings is 3. The Balaban J connectivity index is 1.95. The number of methoxy groups -OCH3 is 1. The van der Waals surface area contributed by atoms with Crippen LogP contribution >= 0.6 is 15.9 Å². The van der Waals surface area contributed by atoms with E-state index in [4.69, 9.17) is 10.5 Å². The lowest BCUT2D eigenvalue weighted by atomic mass is 10.0. The molecule has 116 valence electrons. The minimum Gasteiger partial charge on any atom is -0.495 e. The molecule has 5 heteroatoms. The summed E-state index contributed by atoms with van der Waals surface area (Å²) in [6.45, 7) is 0. The highest BCUT2D eigenvalue weighted by molar-refractivity contribution is 9.10. The first-order valence-corrected chi connectivity index (χ1v) is 7.81. The lowest BCUT2D eigenvalue weighted by molar-refractivity contribution is 0.102. The van der Waals surface area contributed by atoms with Gasteiger partial charge in [0, 0.05) is 15.7 Å². The molecule has 3 aromatic rings. The molecule has 0 heterocycles. The molecule has 3 aromatic carbocycles. The van der Waals surface area contributed by atoms with Gasteiger partial charge in [0.25, 0.3) is 5.91 Å². The van der Waals surface area contributed by atoms with Crippen molar-refractivity contribution in [2.75, 3.05) is 18.2 Å². The van der Waals surface area contributed by atoms with Crippen LogP contribution in [0.3, 0.4) is 0 Å². The Bertz CT molecular complexity index is 893. The molecule has 0 radical (unpaired) electrons. The van der Waals surface area contributed by atoms with Crippen molar-refractivity contribution in [2.45, 2.75) is 0 Å². The molecule has 0 saturated carbocycles. The second-order valence-electron chi connectivity index (χ2n) is 5.05. The summed E-state index contributed by atoms with van der Waals surface area (Å²) in [6, 6.07) is 16.6. The van der Waals surface area contributed by atoms with Crippen molar-refractivity contribution in [1.82, 2.24) is 0 Å². The Morgan fingerprint density at radius 3 is 2.57 bits per heavy atom. The van der Waals surface area contributed by atoms with E-state index in [1.54, 1.807) is 31.4 Å². The fourth-order valence-electron chi connectivity index (χ4n) is 2.48. The van der Waals surface area contributed by atoms with Crippen LogP contribution in [0.2, 0.25) is 0 Å². The molecule has 0 saturated heterocycles. The molecule has 23 heavy (non-hydrogen) atoms. The molecule has 0 bridgehead atoms. The van der Waals surface area contributed by atoms with Gasteiger partial charge in [0.05, 0.1) is 12.8 Å². The summed E-state index contributed by atoms with van der Waals surface area (Å²) < 4.78 is 6.07. The molecule has 3 N–H and O–H groups in total. The number of ether oxygens (including phenoxy) is 1. The average Bonchev–Trinajstić information content (AvgIpc) is 2.55. The van der Waals surface area contributed by atoms with Crippen molar-refractivity contribution in [3.8, 4) is 5.75 Å². The van der Waals surface area contributed by atoms with Crippen molar-refractivity contribution in [3.05, 3.63) is 64.6 Å². The number of fused-ring (bicyclic) bond motifs is 1. The van der Waals surface area contributed by atoms with Crippen LogP contribution < -0.4 is 15.8 Å². The second kappa shape index (κ2) is 6.30. The fourth-order valence-corrected chi connectivity index (χ4v) is 2.98. The Kier molecular flexibility index (Phi) is 4.21. The van der Waals surface area contributed by atoms with E-state index >= 15 is 0 Å². The number of halogens is 1. The molecular weight excluding hydrogens is 356 g/mol. The van der Waals surface area contributed by atoms with E-state index in [2.05, 4.69) is 21.2 Å². The van der Waals surface area contributed by atoms with E-state index in [0.717, 1.165) is 15.2 Å². The maximum atomic E-state index is 12.6. The van der Waals surface area contributed by atoms with Gasteiger partial charge in [-0.3, -0.25) is 4.79 Å². The highest BCUT2D eigenvalue weighted by atomic mass is 79.9.